The van der Waals surface area contributed by atoms with E-state index in [9.17, 15) is 18.0 Å². The molecule has 1 aromatic carbocycles. The molecule has 30 heavy (non-hydrogen) atoms. The van der Waals surface area contributed by atoms with Crippen LogP contribution in [0.15, 0.2) is 64.5 Å². The number of hydrogen-bond donors (Lipinski definition) is 2. The largest absolute Gasteiger partial charge is 0.341 e. The molecule has 3 rings (SSSR count). The van der Waals surface area contributed by atoms with Crippen LogP contribution in [0, 0.1) is 6.92 Å². The molecule has 0 bridgehead atoms. The van der Waals surface area contributed by atoms with Gasteiger partial charge in [0.05, 0.1) is 24.2 Å². The van der Waals surface area contributed by atoms with E-state index < -0.39 is 15.6 Å². The average molecular weight is 430 g/mol. The fourth-order valence-corrected chi connectivity index (χ4v) is 4.31. The van der Waals surface area contributed by atoms with Gasteiger partial charge >= 0.3 is 0 Å². The zero-order chi connectivity index (χ0) is 21.9. The summed E-state index contributed by atoms with van der Waals surface area (Å²) in [6.07, 6.45) is 0.551. The number of aryl methyl sites for hydroxylation is 1. The molecule has 0 spiro atoms. The third-order valence-electron chi connectivity index (χ3n) is 4.74. The lowest BCUT2D eigenvalue weighted by atomic mass is 10.2. The Kier molecular flexibility index (Phi) is 6.06. The number of nitrogens with one attached hydrogen (secondary N) is 2. The SMILES string of the molecule is C=C1N=C(n2c(C)ccc(NS(=O)(=O)Cc3ccccc3)c2=O)N(CNC=O)C1C. The number of nitrogens with zero attached hydrogens (tertiary/aromatic N) is 3. The smallest absolute Gasteiger partial charge is 0.281 e. The number of carbonyl (C=O) groups excluding carboxylic acids is 1. The molecule has 2 aromatic rings. The van der Waals surface area contributed by atoms with E-state index in [0.29, 0.717) is 23.4 Å². The number of carbonyl (C=O) groups is 1. The first-order valence-electron chi connectivity index (χ1n) is 9.22. The summed E-state index contributed by atoms with van der Waals surface area (Å²) in [6.45, 7) is 7.57. The van der Waals surface area contributed by atoms with Gasteiger partial charge in [-0.25, -0.2) is 18.0 Å². The quantitative estimate of drug-likeness (QED) is 0.643. The third kappa shape index (κ3) is 4.43. The Balaban J connectivity index is 1.96. The van der Waals surface area contributed by atoms with Gasteiger partial charge in [-0.15, -0.1) is 0 Å². The number of aromatic nitrogens is 1. The summed E-state index contributed by atoms with van der Waals surface area (Å²) in [5.41, 5.74) is 1.03. The highest BCUT2D eigenvalue weighted by Crippen LogP contribution is 2.20. The first kappa shape index (κ1) is 21.3. The van der Waals surface area contributed by atoms with Gasteiger partial charge in [-0.2, -0.15) is 0 Å². The van der Waals surface area contributed by atoms with Crippen LogP contribution in [0.5, 0.6) is 0 Å². The van der Waals surface area contributed by atoms with Crippen molar-refractivity contribution in [3.8, 4) is 0 Å². The number of aliphatic imine (C=N–C) groups is 1. The summed E-state index contributed by atoms with van der Waals surface area (Å²) in [5, 5.41) is 2.56. The molecule has 0 saturated carbocycles. The van der Waals surface area contributed by atoms with Gasteiger partial charge in [0.2, 0.25) is 22.4 Å². The molecule has 10 heteroatoms. The van der Waals surface area contributed by atoms with Crippen LogP contribution in [0.2, 0.25) is 0 Å². The molecule has 9 nitrogen and oxygen atoms in total. The molecular weight excluding hydrogens is 406 g/mol. The lowest BCUT2D eigenvalue weighted by Crippen LogP contribution is -2.47. The minimum absolute atomic E-state index is 0.0901. The van der Waals surface area contributed by atoms with Crippen LogP contribution in [0.1, 0.15) is 18.2 Å². The fourth-order valence-electron chi connectivity index (χ4n) is 3.11. The highest BCUT2D eigenvalue weighted by molar-refractivity contribution is 7.91. The Morgan fingerprint density at radius 3 is 2.57 bits per heavy atom. The second-order valence-electron chi connectivity index (χ2n) is 6.90. The van der Waals surface area contributed by atoms with Crippen molar-refractivity contribution in [2.75, 3.05) is 11.4 Å². The summed E-state index contributed by atoms with van der Waals surface area (Å²) < 4.78 is 28.9. The van der Waals surface area contributed by atoms with E-state index in [2.05, 4.69) is 21.6 Å². The molecule has 2 N–H and O–H groups in total. The maximum absolute atomic E-state index is 13.1. The summed E-state index contributed by atoms with van der Waals surface area (Å²) in [5.74, 6) is 0.0131. The number of sulfonamides is 1. The molecule has 2 heterocycles. The minimum Gasteiger partial charge on any atom is -0.341 e. The summed E-state index contributed by atoms with van der Waals surface area (Å²) in [4.78, 5) is 30.0. The van der Waals surface area contributed by atoms with Crippen LogP contribution < -0.4 is 15.6 Å². The number of amides is 1. The van der Waals surface area contributed by atoms with Gasteiger partial charge in [0, 0.05) is 5.69 Å². The van der Waals surface area contributed by atoms with E-state index in [1.807, 2.05) is 6.92 Å². The molecule has 1 aliphatic heterocycles. The van der Waals surface area contributed by atoms with Crippen LogP contribution >= 0.6 is 0 Å². The Labute approximate surface area is 174 Å². The lowest BCUT2D eigenvalue weighted by molar-refractivity contribution is -0.109. The first-order chi connectivity index (χ1) is 14.2. The molecule has 0 radical (unpaired) electrons. The van der Waals surface area contributed by atoms with E-state index in [0.717, 1.165) is 0 Å². The van der Waals surface area contributed by atoms with Crippen LogP contribution in [-0.4, -0.2) is 43.0 Å². The van der Waals surface area contributed by atoms with Gasteiger partial charge < -0.3 is 10.2 Å². The number of anilines is 1. The highest BCUT2D eigenvalue weighted by Gasteiger charge is 2.30. The van der Waals surface area contributed by atoms with Crippen LogP contribution in [0.25, 0.3) is 0 Å². The maximum Gasteiger partial charge on any atom is 0.281 e. The Morgan fingerprint density at radius 2 is 1.90 bits per heavy atom. The molecule has 1 unspecified atom stereocenters. The average Bonchev–Trinajstić information content (AvgIpc) is 2.97. The Morgan fingerprint density at radius 1 is 1.20 bits per heavy atom. The van der Waals surface area contributed by atoms with Gasteiger partial charge in [-0.05, 0) is 31.5 Å². The van der Waals surface area contributed by atoms with Crippen molar-refractivity contribution in [2.45, 2.75) is 25.6 Å². The number of pyridine rings is 1. The standard InChI is InChI=1S/C20H23N5O4S/c1-14-9-10-18(23-30(28,29)11-17-7-5-4-6-8-17)19(27)25(14)20-22-15(2)16(3)24(20)12-21-13-26/h4-10,13,16,23H,2,11-12H2,1,3H3,(H,21,26). The topological polar surface area (TPSA) is 113 Å². The molecule has 1 amide bonds. The zero-order valence-corrected chi connectivity index (χ0v) is 17.5. The van der Waals surface area contributed by atoms with Crippen molar-refractivity contribution in [1.82, 2.24) is 14.8 Å². The highest BCUT2D eigenvalue weighted by atomic mass is 32.2. The van der Waals surface area contributed by atoms with E-state index >= 15 is 0 Å². The van der Waals surface area contributed by atoms with Crippen molar-refractivity contribution < 1.29 is 13.2 Å². The van der Waals surface area contributed by atoms with E-state index in [4.69, 9.17) is 0 Å². The fraction of sp³-hybridized carbons (Fsp3) is 0.250. The lowest BCUT2D eigenvalue weighted by Gasteiger charge is -2.26. The molecule has 1 aromatic heterocycles. The molecule has 0 fully saturated rings. The predicted molar refractivity (Wildman–Crippen MR) is 115 cm³/mol. The zero-order valence-electron chi connectivity index (χ0n) is 16.7. The van der Waals surface area contributed by atoms with Gasteiger partial charge in [0.1, 0.15) is 5.69 Å². The molecule has 1 aliphatic rings. The van der Waals surface area contributed by atoms with Crippen LogP contribution in [-0.2, 0) is 20.6 Å². The maximum atomic E-state index is 13.1. The molecular formula is C20H23N5O4S. The van der Waals surface area contributed by atoms with Crippen LogP contribution in [0.3, 0.4) is 0 Å². The number of hydrogen-bond acceptors (Lipinski definition) is 6. The summed E-state index contributed by atoms with van der Waals surface area (Å²) in [6, 6.07) is 11.5. The monoisotopic (exact) mass is 429 g/mol. The second kappa shape index (κ2) is 8.54. The first-order valence-corrected chi connectivity index (χ1v) is 10.9. The number of benzene rings is 1. The molecule has 1 atom stereocenters. The Bertz CT molecular complexity index is 1160. The van der Waals surface area contributed by atoms with Crippen molar-refractivity contribution in [2.24, 2.45) is 4.99 Å². The van der Waals surface area contributed by atoms with Gasteiger partial charge in [0.15, 0.2) is 0 Å². The van der Waals surface area contributed by atoms with E-state index in [1.54, 1.807) is 48.2 Å². The third-order valence-corrected chi connectivity index (χ3v) is 5.98. The van der Waals surface area contributed by atoms with Gasteiger partial charge in [0.25, 0.3) is 5.56 Å². The van der Waals surface area contributed by atoms with Crippen molar-refractivity contribution in [1.29, 1.82) is 0 Å². The molecule has 0 saturated heterocycles. The molecule has 0 aliphatic carbocycles. The number of rotatable bonds is 7. The predicted octanol–water partition coefficient (Wildman–Crippen LogP) is 1.22. The van der Waals surface area contributed by atoms with E-state index in [1.165, 1.54) is 10.6 Å². The van der Waals surface area contributed by atoms with Crippen LogP contribution in [0.4, 0.5) is 5.69 Å². The Hall–Kier alpha value is -3.40. The van der Waals surface area contributed by atoms with Gasteiger partial charge in [-0.1, -0.05) is 36.9 Å². The van der Waals surface area contributed by atoms with Crippen molar-refractivity contribution >= 4 is 28.1 Å². The van der Waals surface area contributed by atoms with E-state index in [-0.39, 0.29) is 30.1 Å². The van der Waals surface area contributed by atoms with Crippen molar-refractivity contribution in [3.63, 3.8) is 0 Å². The van der Waals surface area contributed by atoms with Crippen molar-refractivity contribution in [3.05, 3.63) is 76.4 Å². The normalized spacial score (nSPS) is 16.3. The minimum atomic E-state index is -3.81. The second-order valence-corrected chi connectivity index (χ2v) is 8.63. The summed E-state index contributed by atoms with van der Waals surface area (Å²) in [7, 11) is -3.81. The summed E-state index contributed by atoms with van der Waals surface area (Å²) >= 11 is 0. The molecule has 158 valence electrons. The van der Waals surface area contributed by atoms with Gasteiger partial charge in [-0.3, -0.25) is 14.3 Å².